The van der Waals surface area contributed by atoms with Crippen LogP contribution < -0.4 is 5.56 Å². The molecule has 4 heterocycles. The molecule has 3 fully saturated rings. The van der Waals surface area contributed by atoms with E-state index in [1.54, 1.807) is 0 Å². The number of piperidine rings is 3. The van der Waals surface area contributed by atoms with Crippen molar-refractivity contribution in [3.63, 3.8) is 0 Å². The second-order valence-electron chi connectivity index (χ2n) is 8.88. The second-order valence-corrected chi connectivity index (χ2v) is 8.88. The summed E-state index contributed by atoms with van der Waals surface area (Å²) in [6.45, 7) is 2.53. The third kappa shape index (κ3) is 3.62. The highest BCUT2D eigenvalue weighted by Gasteiger charge is 2.45. The smallest absolute Gasteiger partial charge is 0.279 e. The maximum absolute atomic E-state index is 12.9. The monoisotopic (exact) mass is 392 g/mol. The van der Waals surface area contributed by atoms with Gasteiger partial charge in [0, 0.05) is 44.1 Å². The molecular formula is C23H28N4O2. The van der Waals surface area contributed by atoms with Gasteiger partial charge in [0.05, 0.1) is 0 Å². The van der Waals surface area contributed by atoms with Gasteiger partial charge in [0.15, 0.2) is 5.69 Å². The lowest BCUT2D eigenvalue weighted by molar-refractivity contribution is -0.0500. The molecule has 3 aliphatic rings. The Bertz CT molecular complexity index is 928. The van der Waals surface area contributed by atoms with Crippen LogP contribution in [0, 0.1) is 11.8 Å². The molecule has 5 rings (SSSR count). The van der Waals surface area contributed by atoms with Crippen molar-refractivity contribution in [3.05, 3.63) is 64.3 Å². The Labute approximate surface area is 170 Å². The standard InChI is InChI=1S/C23H28N4O2/c28-22-21(24-9-10-25-22)23(29)26-13-17-11-18(15-26)20-8-4-7-19(27(20)14-17)12-16-5-2-1-3-6-16/h1-3,5-6,9-10,17-20H,4,7-8,11-15H2,(H,25,28)/t17-,18+,19+,20-/m0/s1. The highest BCUT2D eigenvalue weighted by molar-refractivity contribution is 5.92. The van der Waals surface area contributed by atoms with E-state index in [0.717, 1.165) is 26.1 Å². The van der Waals surface area contributed by atoms with Crippen LogP contribution >= 0.6 is 0 Å². The van der Waals surface area contributed by atoms with Crippen molar-refractivity contribution in [1.29, 1.82) is 0 Å². The summed E-state index contributed by atoms with van der Waals surface area (Å²) in [6, 6.07) is 12.0. The number of fused-ring (bicyclic) bond motifs is 4. The summed E-state index contributed by atoms with van der Waals surface area (Å²) in [5.74, 6) is 0.757. The van der Waals surface area contributed by atoms with E-state index in [0.29, 0.717) is 23.9 Å². The lowest BCUT2D eigenvalue weighted by Gasteiger charge is -2.55. The third-order valence-corrected chi connectivity index (χ3v) is 7.03. The number of carbonyl (C=O) groups is 1. The molecule has 0 aliphatic carbocycles. The van der Waals surface area contributed by atoms with Gasteiger partial charge in [-0.2, -0.15) is 0 Å². The summed E-state index contributed by atoms with van der Waals surface area (Å²) >= 11 is 0. The van der Waals surface area contributed by atoms with Gasteiger partial charge >= 0.3 is 0 Å². The largest absolute Gasteiger partial charge is 0.336 e. The molecule has 1 amide bonds. The minimum absolute atomic E-state index is 0.0231. The highest BCUT2D eigenvalue weighted by Crippen LogP contribution is 2.40. The van der Waals surface area contributed by atoms with Crippen molar-refractivity contribution in [2.45, 2.75) is 44.2 Å². The number of aromatic nitrogens is 2. The Morgan fingerprint density at radius 3 is 2.83 bits per heavy atom. The zero-order valence-corrected chi connectivity index (χ0v) is 16.7. The van der Waals surface area contributed by atoms with Gasteiger partial charge in [-0.25, -0.2) is 4.98 Å². The SMILES string of the molecule is O=C(c1ncc[nH]c1=O)N1C[C@@H]2C[C@H](C1)[C@@H]1CCC[C@H](Cc3ccccc3)N1C2. The maximum Gasteiger partial charge on any atom is 0.279 e. The summed E-state index contributed by atoms with van der Waals surface area (Å²) < 4.78 is 0. The van der Waals surface area contributed by atoms with Gasteiger partial charge in [0.25, 0.3) is 11.5 Å². The van der Waals surface area contributed by atoms with Crippen LogP contribution in [0.5, 0.6) is 0 Å². The fraction of sp³-hybridized carbons (Fsp3) is 0.522. The zero-order valence-electron chi connectivity index (χ0n) is 16.7. The van der Waals surface area contributed by atoms with Crippen molar-refractivity contribution in [2.75, 3.05) is 19.6 Å². The number of rotatable bonds is 3. The fourth-order valence-electron chi connectivity index (χ4n) is 5.84. The van der Waals surface area contributed by atoms with E-state index in [1.165, 1.54) is 43.6 Å². The normalized spacial score (nSPS) is 29.3. The predicted molar refractivity (Wildman–Crippen MR) is 111 cm³/mol. The van der Waals surface area contributed by atoms with Crippen molar-refractivity contribution in [3.8, 4) is 0 Å². The highest BCUT2D eigenvalue weighted by atomic mass is 16.2. The van der Waals surface area contributed by atoms with E-state index >= 15 is 0 Å². The van der Waals surface area contributed by atoms with E-state index in [2.05, 4.69) is 45.2 Å². The van der Waals surface area contributed by atoms with Crippen molar-refractivity contribution in [1.82, 2.24) is 19.8 Å². The molecule has 0 saturated carbocycles. The Morgan fingerprint density at radius 2 is 2.00 bits per heavy atom. The van der Waals surface area contributed by atoms with Gasteiger partial charge < -0.3 is 9.88 Å². The molecule has 3 aliphatic heterocycles. The second kappa shape index (κ2) is 7.75. The quantitative estimate of drug-likeness (QED) is 0.870. The molecule has 1 aromatic carbocycles. The Balaban J connectivity index is 1.32. The number of likely N-dealkylation sites (tertiary alicyclic amines) is 1. The summed E-state index contributed by atoms with van der Waals surface area (Å²) in [6.07, 6.45) is 9.00. The van der Waals surface area contributed by atoms with Gasteiger partial charge in [-0.3, -0.25) is 14.5 Å². The number of hydrogen-bond donors (Lipinski definition) is 1. The van der Waals surface area contributed by atoms with Crippen LogP contribution in [0.4, 0.5) is 0 Å². The molecule has 0 spiro atoms. The molecule has 3 saturated heterocycles. The van der Waals surface area contributed by atoms with Crippen LogP contribution in [0.2, 0.25) is 0 Å². The third-order valence-electron chi connectivity index (χ3n) is 7.03. The maximum atomic E-state index is 12.9. The molecule has 1 N–H and O–H groups in total. The van der Waals surface area contributed by atoms with Gasteiger partial charge in [-0.15, -0.1) is 0 Å². The molecule has 152 valence electrons. The first-order chi connectivity index (χ1) is 14.2. The van der Waals surface area contributed by atoms with Gasteiger partial charge in [-0.05, 0) is 43.1 Å². The first kappa shape index (κ1) is 18.6. The van der Waals surface area contributed by atoms with E-state index in [4.69, 9.17) is 0 Å². The number of nitrogens with zero attached hydrogens (tertiary/aromatic N) is 3. The fourth-order valence-corrected chi connectivity index (χ4v) is 5.84. The molecule has 29 heavy (non-hydrogen) atoms. The summed E-state index contributed by atoms with van der Waals surface area (Å²) in [5, 5.41) is 0. The molecule has 4 atom stereocenters. The Kier molecular flexibility index (Phi) is 4.96. The molecule has 0 unspecified atom stereocenters. The van der Waals surface area contributed by atoms with E-state index in [1.807, 2.05) is 4.90 Å². The van der Waals surface area contributed by atoms with E-state index < -0.39 is 5.56 Å². The minimum Gasteiger partial charge on any atom is -0.336 e. The van der Waals surface area contributed by atoms with E-state index in [9.17, 15) is 9.59 Å². The molecule has 6 nitrogen and oxygen atoms in total. The number of nitrogens with one attached hydrogen (secondary N) is 1. The number of H-pyrrole nitrogens is 1. The van der Waals surface area contributed by atoms with Crippen LogP contribution in [-0.4, -0.2) is 57.4 Å². The van der Waals surface area contributed by atoms with Crippen LogP contribution in [-0.2, 0) is 6.42 Å². The average molecular weight is 393 g/mol. The predicted octanol–water partition coefficient (Wildman–Crippen LogP) is 2.33. The number of benzene rings is 1. The Morgan fingerprint density at radius 1 is 1.14 bits per heavy atom. The van der Waals surface area contributed by atoms with Crippen LogP contribution in [0.3, 0.4) is 0 Å². The topological polar surface area (TPSA) is 69.3 Å². The van der Waals surface area contributed by atoms with Gasteiger partial charge in [0.2, 0.25) is 0 Å². The lowest BCUT2D eigenvalue weighted by Crippen LogP contribution is -2.62. The molecular weight excluding hydrogens is 364 g/mol. The molecule has 2 aromatic rings. The van der Waals surface area contributed by atoms with E-state index in [-0.39, 0.29) is 11.6 Å². The molecule has 6 heteroatoms. The number of carbonyl (C=O) groups excluding carboxylic acids is 1. The lowest BCUT2D eigenvalue weighted by atomic mass is 9.74. The molecule has 1 aromatic heterocycles. The molecule has 2 bridgehead atoms. The summed E-state index contributed by atoms with van der Waals surface area (Å²) in [4.78, 5) is 36.2. The first-order valence-electron chi connectivity index (χ1n) is 10.8. The average Bonchev–Trinajstić information content (AvgIpc) is 2.75. The summed E-state index contributed by atoms with van der Waals surface area (Å²) in [7, 11) is 0. The van der Waals surface area contributed by atoms with Crippen LogP contribution in [0.1, 0.15) is 41.7 Å². The first-order valence-corrected chi connectivity index (χ1v) is 10.8. The van der Waals surface area contributed by atoms with Crippen LogP contribution in [0.25, 0.3) is 0 Å². The van der Waals surface area contributed by atoms with Crippen LogP contribution in [0.15, 0.2) is 47.5 Å². The van der Waals surface area contributed by atoms with Gasteiger partial charge in [0.1, 0.15) is 0 Å². The number of hydrogen-bond acceptors (Lipinski definition) is 4. The minimum atomic E-state index is -0.393. The van der Waals surface area contributed by atoms with Gasteiger partial charge in [-0.1, -0.05) is 36.8 Å². The summed E-state index contributed by atoms with van der Waals surface area (Å²) in [5.41, 5.74) is 1.05. The van der Waals surface area contributed by atoms with Crippen molar-refractivity contribution < 1.29 is 4.79 Å². The van der Waals surface area contributed by atoms with Crippen molar-refractivity contribution in [2.24, 2.45) is 11.8 Å². The zero-order chi connectivity index (χ0) is 19.8. The Hall–Kier alpha value is -2.47. The number of amides is 1. The number of aromatic amines is 1. The molecule has 0 radical (unpaired) electrons. The van der Waals surface area contributed by atoms with Crippen molar-refractivity contribution >= 4 is 5.91 Å².